The van der Waals surface area contributed by atoms with Crippen LogP contribution < -0.4 is 9.64 Å². The number of nitrogens with zero attached hydrogens (tertiary/aromatic N) is 2. The first-order valence-electron chi connectivity index (χ1n) is 14.6. The zero-order valence-electron chi connectivity index (χ0n) is 26.3. The van der Waals surface area contributed by atoms with Crippen LogP contribution >= 0.6 is 0 Å². The second-order valence-electron chi connectivity index (χ2n) is 9.79. The Bertz CT molecular complexity index is 1070. The van der Waals surface area contributed by atoms with Gasteiger partial charge in [-0.1, -0.05) is 64.0 Å². The molecule has 0 radical (unpaired) electrons. The van der Waals surface area contributed by atoms with Crippen LogP contribution in [0.15, 0.2) is 54.6 Å². The van der Waals surface area contributed by atoms with E-state index >= 15 is 0 Å². The van der Waals surface area contributed by atoms with E-state index in [9.17, 15) is 13.6 Å². The number of benzene rings is 2. The van der Waals surface area contributed by atoms with Crippen LogP contribution in [0, 0.1) is 25.2 Å². The van der Waals surface area contributed by atoms with Crippen molar-refractivity contribution in [2.75, 3.05) is 18.6 Å². The number of nitriles is 1. The van der Waals surface area contributed by atoms with Crippen molar-refractivity contribution in [3.63, 3.8) is 0 Å². The van der Waals surface area contributed by atoms with E-state index in [1.54, 1.807) is 25.2 Å². The molecule has 1 fully saturated rings. The van der Waals surface area contributed by atoms with E-state index < -0.39 is 18.1 Å². The first kappa shape index (κ1) is 37.6. The summed E-state index contributed by atoms with van der Waals surface area (Å²) < 4.78 is 37.0. The smallest absolute Gasteiger partial charge is 0.414 e. The molecule has 0 aromatic heterocycles. The summed E-state index contributed by atoms with van der Waals surface area (Å²) in [7, 11) is 1.58. The summed E-state index contributed by atoms with van der Waals surface area (Å²) in [6, 6.07) is 14.9. The van der Waals surface area contributed by atoms with Crippen LogP contribution in [0.4, 0.5) is 19.3 Å². The maximum absolute atomic E-state index is 13.1. The molecule has 3 rings (SSSR count). The number of hydrogen-bond donors (Lipinski definition) is 0. The van der Waals surface area contributed by atoms with Crippen molar-refractivity contribution >= 4 is 11.8 Å². The van der Waals surface area contributed by atoms with E-state index in [-0.39, 0.29) is 25.7 Å². The third-order valence-corrected chi connectivity index (χ3v) is 6.34. The number of amides is 1. The number of carbonyl (C=O) groups is 1. The number of unbranched alkanes of at least 4 members (excludes halogenated alkanes) is 1. The summed E-state index contributed by atoms with van der Waals surface area (Å²) in [4.78, 5) is 13.5. The minimum atomic E-state index is -2.63. The quantitative estimate of drug-likeness (QED) is 0.323. The zero-order valence-corrected chi connectivity index (χ0v) is 26.3. The lowest BCUT2D eigenvalue weighted by atomic mass is 9.94. The van der Waals surface area contributed by atoms with Gasteiger partial charge in [-0.3, -0.25) is 4.90 Å². The van der Waals surface area contributed by atoms with Crippen LogP contribution in [-0.4, -0.2) is 31.8 Å². The molecule has 1 aliphatic carbocycles. The number of alkyl halides is 2. The Hall–Kier alpha value is -3.40. The minimum Gasteiger partial charge on any atom is -0.492 e. The lowest BCUT2D eigenvalue weighted by Gasteiger charge is -2.29. The minimum absolute atomic E-state index is 0.194. The van der Waals surface area contributed by atoms with E-state index in [0.29, 0.717) is 18.0 Å². The van der Waals surface area contributed by atoms with Gasteiger partial charge in [0.25, 0.3) is 0 Å². The molecule has 1 amide bonds. The predicted octanol–water partition coefficient (Wildman–Crippen LogP) is 10.2. The van der Waals surface area contributed by atoms with E-state index in [4.69, 9.17) is 14.7 Å². The summed E-state index contributed by atoms with van der Waals surface area (Å²) in [6.45, 7) is 14.9. The van der Waals surface area contributed by atoms with Gasteiger partial charge in [0.1, 0.15) is 11.9 Å². The Kier molecular flexibility index (Phi) is 19.6. The van der Waals surface area contributed by atoms with E-state index in [1.165, 1.54) is 28.9 Å². The number of allylic oxidation sites excluding steroid dienone is 2. The van der Waals surface area contributed by atoms with Crippen LogP contribution in [0.3, 0.4) is 0 Å². The molecule has 41 heavy (non-hydrogen) atoms. The zero-order chi connectivity index (χ0) is 31.3. The Labute approximate surface area is 247 Å². The molecular weight excluding hydrogens is 522 g/mol. The van der Waals surface area contributed by atoms with Crippen LogP contribution in [-0.2, 0) is 4.74 Å². The molecule has 7 heteroatoms. The SMILES string of the molecule is C/C=C\CC.CCCC.CCOc1ccccc1N(C)C(=O)OC1CCC(F)(F)CC1.Cc1ccc(C#N)cc1C. The van der Waals surface area contributed by atoms with E-state index in [2.05, 4.69) is 39.0 Å². The number of halogens is 2. The molecule has 0 bridgehead atoms. The molecule has 2 aromatic carbocycles. The van der Waals surface area contributed by atoms with Gasteiger partial charge in [-0.25, -0.2) is 13.6 Å². The van der Waals surface area contributed by atoms with Gasteiger partial charge in [0, 0.05) is 19.9 Å². The van der Waals surface area contributed by atoms with E-state index in [1.807, 2.05) is 52.0 Å². The number of ether oxygens (including phenoxy) is 2. The van der Waals surface area contributed by atoms with Crippen molar-refractivity contribution in [3.05, 3.63) is 71.3 Å². The second kappa shape index (κ2) is 21.4. The van der Waals surface area contributed by atoms with E-state index in [0.717, 1.165) is 12.0 Å². The Balaban J connectivity index is 0.000000690. The highest BCUT2D eigenvalue weighted by atomic mass is 19.3. The molecule has 228 valence electrons. The Morgan fingerprint density at radius 3 is 2.12 bits per heavy atom. The molecule has 1 saturated carbocycles. The molecule has 0 saturated heterocycles. The lowest BCUT2D eigenvalue weighted by molar-refractivity contribution is -0.0647. The van der Waals surface area contributed by atoms with Gasteiger partial charge in [0.15, 0.2) is 0 Å². The average molecular weight is 573 g/mol. The fourth-order valence-corrected chi connectivity index (χ4v) is 3.51. The van der Waals surface area contributed by atoms with Gasteiger partial charge in [0.2, 0.25) is 5.92 Å². The number of hydrogen-bond acceptors (Lipinski definition) is 4. The number of anilines is 1. The van der Waals surface area contributed by atoms with Gasteiger partial charge in [0.05, 0.1) is 23.9 Å². The third kappa shape index (κ3) is 15.8. The molecule has 0 heterocycles. The van der Waals surface area contributed by atoms with Crippen LogP contribution in [0.2, 0.25) is 0 Å². The maximum atomic E-state index is 13.1. The van der Waals surface area contributed by atoms with Crippen molar-refractivity contribution in [1.82, 2.24) is 0 Å². The summed E-state index contributed by atoms with van der Waals surface area (Å²) in [5.41, 5.74) is 3.75. The number of para-hydroxylation sites is 2. The lowest BCUT2D eigenvalue weighted by Crippen LogP contribution is -2.35. The molecule has 0 atom stereocenters. The molecule has 0 N–H and O–H groups in total. The normalized spacial score (nSPS) is 13.7. The second-order valence-corrected chi connectivity index (χ2v) is 9.79. The fourth-order valence-electron chi connectivity index (χ4n) is 3.51. The summed E-state index contributed by atoms with van der Waals surface area (Å²) >= 11 is 0. The monoisotopic (exact) mass is 572 g/mol. The molecule has 0 aliphatic heterocycles. The van der Waals surface area contributed by atoms with Crippen molar-refractivity contribution in [2.45, 2.75) is 105 Å². The third-order valence-electron chi connectivity index (χ3n) is 6.34. The molecular formula is C34H50F2N2O3. The largest absolute Gasteiger partial charge is 0.492 e. The highest BCUT2D eigenvalue weighted by Crippen LogP contribution is 2.35. The first-order valence-corrected chi connectivity index (χ1v) is 14.6. The summed E-state index contributed by atoms with van der Waals surface area (Å²) in [6.07, 6.45) is 6.90. The molecule has 0 unspecified atom stereocenters. The van der Waals surface area contributed by atoms with Crippen molar-refractivity contribution in [3.8, 4) is 11.8 Å². The first-order chi connectivity index (χ1) is 19.5. The number of carbonyl (C=O) groups excluding carboxylic acids is 1. The maximum Gasteiger partial charge on any atom is 0.414 e. The van der Waals surface area contributed by atoms with Crippen molar-refractivity contribution in [2.24, 2.45) is 0 Å². The van der Waals surface area contributed by atoms with Gasteiger partial charge < -0.3 is 9.47 Å². The Morgan fingerprint density at radius 2 is 1.66 bits per heavy atom. The summed E-state index contributed by atoms with van der Waals surface area (Å²) in [5, 5.41) is 8.50. The molecule has 1 aliphatic rings. The Morgan fingerprint density at radius 1 is 1.05 bits per heavy atom. The predicted molar refractivity (Wildman–Crippen MR) is 166 cm³/mol. The van der Waals surface area contributed by atoms with Crippen molar-refractivity contribution in [1.29, 1.82) is 5.26 Å². The van der Waals surface area contributed by atoms with Gasteiger partial charge in [-0.15, -0.1) is 0 Å². The van der Waals surface area contributed by atoms with Gasteiger partial charge in [-0.05, 0) is 82.3 Å². The van der Waals surface area contributed by atoms with Crippen LogP contribution in [0.5, 0.6) is 5.75 Å². The molecule has 5 nitrogen and oxygen atoms in total. The number of aryl methyl sites for hydroxylation is 2. The van der Waals surface area contributed by atoms with Gasteiger partial charge >= 0.3 is 6.09 Å². The van der Waals surface area contributed by atoms with Crippen LogP contribution in [0.1, 0.15) is 96.3 Å². The molecule has 0 spiro atoms. The highest BCUT2D eigenvalue weighted by molar-refractivity contribution is 5.89. The summed E-state index contributed by atoms with van der Waals surface area (Å²) in [5.74, 6) is -2.05. The van der Waals surface area contributed by atoms with Gasteiger partial charge in [-0.2, -0.15) is 5.26 Å². The van der Waals surface area contributed by atoms with Crippen LogP contribution in [0.25, 0.3) is 0 Å². The number of rotatable bonds is 6. The average Bonchev–Trinajstić information content (AvgIpc) is 2.97. The standard InChI is InChI=1S/C16H21F2NO3.C9H9N.C5H10.C4H10/c1-3-21-14-7-5-4-6-13(14)19(2)15(20)22-12-8-10-16(17,18)11-9-12;1-7-3-4-9(6-10)5-8(7)2;1-3-5-4-2;1-3-4-2/h4-7,12H,3,8-11H2,1-2H3;3-5H,1-2H3;3,5H,4H2,1-2H3;3-4H2,1-2H3/b;;5-3-;. The highest BCUT2D eigenvalue weighted by Gasteiger charge is 2.36. The van der Waals surface area contributed by atoms with Crippen molar-refractivity contribution < 1.29 is 23.0 Å². The topological polar surface area (TPSA) is 62.6 Å². The fraction of sp³-hybridized carbons (Fsp3) is 0.529. The molecule has 2 aromatic rings.